The fourth-order valence-electron chi connectivity index (χ4n) is 1.08. The summed E-state index contributed by atoms with van der Waals surface area (Å²) in [5, 5.41) is 15.6. The standard InChI is InChI=1S/C8H12N4O3/c1-8(2,6(9)13)3-5-4-10-11-12(5)7(14)15/h4H,3H2,1-2H3,(H2,9,13)(H,14,15). The zero-order valence-corrected chi connectivity index (χ0v) is 8.47. The van der Waals surface area contributed by atoms with Gasteiger partial charge in [0.25, 0.3) is 0 Å². The summed E-state index contributed by atoms with van der Waals surface area (Å²) < 4.78 is 0.727. The van der Waals surface area contributed by atoms with Crippen LogP contribution in [0.5, 0.6) is 0 Å². The summed E-state index contributed by atoms with van der Waals surface area (Å²) in [6.07, 6.45) is 0.253. The molecule has 0 aliphatic rings. The molecule has 0 saturated heterocycles. The van der Waals surface area contributed by atoms with E-state index in [2.05, 4.69) is 10.3 Å². The number of carboxylic acid groups (broad SMARTS) is 1. The number of carbonyl (C=O) groups is 2. The van der Waals surface area contributed by atoms with Crippen LogP contribution >= 0.6 is 0 Å². The van der Waals surface area contributed by atoms with E-state index in [0.717, 1.165) is 4.68 Å². The van der Waals surface area contributed by atoms with Crippen LogP contribution in [0, 0.1) is 5.41 Å². The van der Waals surface area contributed by atoms with Gasteiger partial charge in [-0.1, -0.05) is 19.1 Å². The minimum atomic E-state index is -1.23. The first-order valence-electron chi connectivity index (χ1n) is 4.27. The minimum absolute atomic E-state index is 0.182. The Morgan fingerprint density at radius 3 is 2.67 bits per heavy atom. The number of nitrogens with zero attached hydrogens (tertiary/aromatic N) is 3. The van der Waals surface area contributed by atoms with Gasteiger partial charge in [-0.25, -0.2) is 4.79 Å². The van der Waals surface area contributed by atoms with Crippen molar-refractivity contribution in [3.05, 3.63) is 11.9 Å². The molecule has 7 heteroatoms. The molecule has 7 nitrogen and oxygen atoms in total. The second-order valence-corrected chi connectivity index (χ2v) is 3.84. The molecule has 0 aromatic carbocycles. The topological polar surface area (TPSA) is 111 Å². The lowest BCUT2D eigenvalue weighted by Crippen LogP contribution is -2.34. The maximum Gasteiger partial charge on any atom is 0.433 e. The van der Waals surface area contributed by atoms with Gasteiger partial charge in [0.15, 0.2) is 0 Å². The first-order chi connectivity index (χ1) is 6.84. The average Bonchev–Trinajstić information content (AvgIpc) is 2.51. The number of amides is 1. The van der Waals surface area contributed by atoms with Crippen LogP contribution in [-0.4, -0.2) is 32.1 Å². The number of hydrogen-bond acceptors (Lipinski definition) is 4. The molecule has 0 radical (unpaired) electrons. The van der Waals surface area contributed by atoms with E-state index in [4.69, 9.17) is 10.8 Å². The van der Waals surface area contributed by atoms with Crippen LogP contribution in [0.15, 0.2) is 6.20 Å². The van der Waals surface area contributed by atoms with Crippen molar-refractivity contribution >= 4 is 12.0 Å². The Balaban J connectivity index is 2.95. The van der Waals surface area contributed by atoms with Gasteiger partial charge in [0.2, 0.25) is 5.91 Å². The van der Waals surface area contributed by atoms with Crippen molar-refractivity contribution in [2.75, 3.05) is 0 Å². The van der Waals surface area contributed by atoms with Crippen molar-refractivity contribution in [3.8, 4) is 0 Å². The SMILES string of the molecule is CC(C)(Cc1cnnn1C(=O)O)C(N)=O. The van der Waals surface area contributed by atoms with E-state index in [1.807, 2.05) is 0 Å². The van der Waals surface area contributed by atoms with Gasteiger partial charge in [0.05, 0.1) is 11.9 Å². The van der Waals surface area contributed by atoms with E-state index in [-0.39, 0.29) is 6.42 Å². The largest absolute Gasteiger partial charge is 0.463 e. The summed E-state index contributed by atoms with van der Waals surface area (Å²) in [5.74, 6) is -0.499. The predicted octanol–water partition coefficient (Wildman–Crippen LogP) is -0.142. The molecule has 0 saturated carbocycles. The van der Waals surface area contributed by atoms with Crippen molar-refractivity contribution in [1.29, 1.82) is 0 Å². The van der Waals surface area contributed by atoms with E-state index < -0.39 is 17.4 Å². The highest BCUT2D eigenvalue weighted by molar-refractivity contribution is 5.80. The van der Waals surface area contributed by atoms with Crippen LogP contribution in [0.25, 0.3) is 0 Å². The fourth-order valence-corrected chi connectivity index (χ4v) is 1.08. The molecular formula is C8H12N4O3. The molecular weight excluding hydrogens is 200 g/mol. The molecule has 1 amide bonds. The maximum absolute atomic E-state index is 11.1. The van der Waals surface area contributed by atoms with Gasteiger partial charge in [-0.15, -0.1) is 9.78 Å². The fraction of sp³-hybridized carbons (Fsp3) is 0.500. The predicted molar refractivity (Wildman–Crippen MR) is 50.1 cm³/mol. The third kappa shape index (κ3) is 2.30. The monoisotopic (exact) mass is 212 g/mol. The van der Waals surface area contributed by atoms with Crippen molar-refractivity contribution in [2.24, 2.45) is 11.1 Å². The molecule has 0 atom stereocenters. The number of aromatic nitrogens is 3. The van der Waals surface area contributed by atoms with Gasteiger partial charge in [-0.3, -0.25) is 4.79 Å². The van der Waals surface area contributed by atoms with Gasteiger partial charge in [-0.2, -0.15) is 0 Å². The number of hydrogen-bond donors (Lipinski definition) is 2. The number of carbonyl (C=O) groups excluding carboxylic acids is 1. The molecule has 0 fully saturated rings. The maximum atomic E-state index is 11.1. The lowest BCUT2D eigenvalue weighted by molar-refractivity contribution is -0.126. The van der Waals surface area contributed by atoms with Crippen LogP contribution in [-0.2, 0) is 11.2 Å². The summed E-state index contributed by atoms with van der Waals surface area (Å²) in [6, 6.07) is 0. The van der Waals surface area contributed by atoms with Gasteiger partial charge < -0.3 is 10.8 Å². The molecule has 1 heterocycles. The van der Waals surface area contributed by atoms with Crippen molar-refractivity contribution < 1.29 is 14.7 Å². The highest BCUT2D eigenvalue weighted by Crippen LogP contribution is 2.20. The average molecular weight is 212 g/mol. The zero-order chi connectivity index (χ0) is 11.6. The van der Waals surface area contributed by atoms with Crippen LogP contribution in [0.4, 0.5) is 4.79 Å². The van der Waals surface area contributed by atoms with E-state index in [1.165, 1.54) is 6.20 Å². The molecule has 3 N–H and O–H groups in total. The zero-order valence-electron chi connectivity index (χ0n) is 8.47. The van der Waals surface area contributed by atoms with Crippen LogP contribution in [0.3, 0.4) is 0 Å². The Morgan fingerprint density at radius 2 is 2.20 bits per heavy atom. The Bertz CT molecular complexity index is 396. The molecule has 0 aliphatic heterocycles. The summed E-state index contributed by atoms with van der Waals surface area (Å²) in [6.45, 7) is 3.27. The molecule has 0 bridgehead atoms. The first kappa shape index (κ1) is 11.2. The Morgan fingerprint density at radius 1 is 1.60 bits per heavy atom. The third-order valence-corrected chi connectivity index (χ3v) is 2.09. The Hall–Kier alpha value is -1.92. The van der Waals surface area contributed by atoms with Crippen molar-refractivity contribution in [3.63, 3.8) is 0 Å². The molecule has 0 aliphatic carbocycles. The van der Waals surface area contributed by atoms with Gasteiger partial charge in [0, 0.05) is 11.8 Å². The van der Waals surface area contributed by atoms with E-state index in [9.17, 15) is 9.59 Å². The first-order valence-corrected chi connectivity index (χ1v) is 4.27. The second kappa shape index (κ2) is 3.68. The Labute approximate surface area is 85.9 Å². The number of rotatable bonds is 3. The van der Waals surface area contributed by atoms with Crippen LogP contribution in [0.2, 0.25) is 0 Å². The van der Waals surface area contributed by atoms with E-state index in [0.29, 0.717) is 5.69 Å². The summed E-state index contributed by atoms with van der Waals surface area (Å²) in [4.78, 5) is 21.7. The number of nitrogens with two attached hydrogens (primary N) is 1. The van der Waals surface area contributed by atoms with Crippen molar-refractivity contribution in [2.45, 2.75) is 20.3 Å². The van der Waals surface area contributed by atoms with Gasteiger partial charge in [0.1, 0.15) is 0 Å². The molecule has 82 valence electrons. The molecule has 1 aromatic rings. The van der Waals surface area contributed by atoms with Crippen LogP contribution in [0.1, 0.15) is 19.5 Å². The molecule has 0 unspecified atom stereocenters. The van der Waals surface area contributed by atoms with Crippen molar-refractivity contribution in [1.82, 2.24) is 15.0 Å². The Kier molecular flexibility index (Phi) is 2.74. The lowest BCUT2D eigenvalue weighted by atomic mass is 9.87. The van der Waals surface area contributed by atoms with E-state index in [1.54, 1.807) is 13.8 Å². The van der Waals surface area contributed by atoms with E-state index >= 15 is 0 Å². The quantitative estimate of drug-likeness (QED) is 0.724. The molecule has 1 aromatic heterocycles. The minimum Gasteiger partial charge on any atom is -0.463 e. The summed E-state index contributed by atoms with van der Waals surface area (Å²) in [7, 11) is 0. The lowest BCUT2D eigenvalue weighted by Gasteiger charge is -2.19. The van der Waals surface area contributed by atoms with Gasteiger partial charge in [-0.05, 0) is 0 Å². The third-order valence-electron chi connectivity index (χ3n) is 2.09. The molecule has 15 heavy (non-hydrogen) atoms. The second-order valence-electron chi connectivity index (χ2n) is 3.84. The highest BCUT2D eigenvalue weighted by Gasteiger charge is 2.28. The number of primary amides is 1. The smallest absolute Gasteiger partial charge is 0.433 e. The summed E-state index contributed by atoms with van der Waals surface area (Å²) >= 11 is 0. The summed E-state index contributed by atoms with van der Waals surface area (Å²) in [5.41, 5.74) is 4.69. The molecule has 1 rings (SSSR count). The van der Waals surface area contributed by atoms with Crippen LogP contribution < -0.4 is 5.73 Å². The molecule has 0 spiro atoms. The normalized spacial score (nSPS) is 11.3. The highest BCUT2D eigenvalue weighted by atomic mass is 16.4. The van der Waals surface area contributed by atoms with Gasteiger partial charge >= 0.3 is 6.09 Å².